The van der Waals surface area contributed by atoms with Gasteiger partial charge in [0.05, 0.1) is 0 Å². The molecule has 0 aromatic carbocycles. The molecule has 0 spiro atoms. The Morgan fingerprint density at radius 1 is 1.24 bits per heavy atom. The lowest BCUT2D eigenvalue weighted by molar-refractivity contribution is 0.311. The molecule has 1 fully saturated rings. The topological polar surface area (TPSA) is 58.3 Å². The van der Waals surface area contributed by atoms with Crippen molar-refractivity contribution < 1.29 is 0 Å². The van der Waals surface area contributed by atoms with Gasteiger partial charge in [-0.05, 0) is 26.0 Å². The molecule has 94 valence electrons. The van der Waals surface area contributed by atoms with Crippen LogP contribution in [-0.2, 0) is 6.42 Å². The van der Waals surface area contributed by atoms with E-state index in [4.69, 9.17) is 5.73 Å². The molecule has 5 heteroatoms. The summed E-state index contributed by atoms with van der Waals surface area (Å²) in [4.78, 5) is 13.4. The molecule has 1 aliphatic heterocycles. The minimum atomic E-state index is 0.160. The summed E-state index contributed by atoms with van der Waals surface area (Å²) in [5, 5.41) is 0. The summed E-state index contributed by atoms with van der Waals surface area (Å²) in [6.07, 6.45) is 4.62. The molecule has 2 heterocycles. The van der Waals surface area contributed by atoms with Crippen LogP contribution >= 0.6 is 0 Å². The zero-order chi connectivity index (χ0) is 12.3. The highest BCUT2D eigenvalue weighted by atomic mass is 15.3. The average Bonchev–Trinajstić information content (AvgIpc) is 2.30. The van der Waals surface area contributed by atoms with Crippen LogP contribution in [0.15, 0.2) is 12.4 Å². The van der Waals surface area contributed by atoms with Crippen LogP contribution in [-0.4, -0.2) is 54.1 Å². The maximum absolute atomic E-state index is 5.75. The first-order valence-electron chi connectivity index (χ1n) is 6.15. The Morgan fingerprint density at radius 2 is 1.82 bits per heavy atom. The van der Waals surface area contributed by atoms with E-state index in [1.165, 1.54) is 0 Å². The monoisotopic (exact) mass is 235 g/mol. The Balaban J connectivity index is 1.97. The number of likely N-dealkylation sites (N-methyl/N-ethyl adjacent to an activating group) is 1. The van der Waals surface area contributed by atoms with Crippen molar-refractivity contribution in [2.24, 2.45) is 5.73 Å². The molecular formula is C12H21N5. The second-order valence-corrected chi connectivity index (χ2v) is 4.86. The molecule has 17 heavy (non-hydrogen) atoms. The van der Waals surface area contributed by atoms with Gasteiger partial charge in [0.25, 0.3) is 0 Å². The molecule has 1 unspecified atom stereocenters. The lowest BCUT2D eigenvalue weighted by Gasteiger charge is -2.32. The van der Waals surface area contributed by atoms with E-state index in [9.17, 15) is 0 Å². The van der Waals surface area contributed by atoms with Gasteiger partial charge < -0.3 is 15.5 Å². The Kier molecular flexibility index (Phi) is 3.91. The predicted molar refractivity (Wildman–Crippen MR) is 69.1 cm³/mol. The van der Waals surface area contributed by atoms with Crippen molar-refractivity contribution >= 4 is 5.95 Å². The van der Waals surface area contributed by atoms with Crippen molar-refractivity contribution in [2.45, 2.75) is 19.4 Å². The van der Waals surface area contributed by atoms with Crippen LogP contribution in [0.2, 0.25) is 0 Å². The normalized spacial score (nSPS) is 19.4. The number of hydrogen-bond acceptors (Lipinski definition) is 5. The number of hydrogen-bond donors (Lipinski definition) is 1. The van der Waals surface area contributed by atoms with E-state index >= 15 is 0 Å². The van der Waals surface area contributed by atoms with E-state index in [0.29, 0.717) is 0 Å². The quantitative estimate of drug-likeness (QED) is 0.806. The summed E-state index contributed by atoms with van der Waals surface area (Å²) in [5.41, 5.74) is 6.86. The van der Waals surface area contributed by atoms with Gasteiger partial charge in [-0.3, -0.25) is 0 Å². The Morgan fingerprint density at radius 3 is 2.35 bits per heavy atom. The molecule has 1 saturated heterocycles. The number of aromatic nitrogens is 2. The highest BCUT2D eigenvalue weighted by Gasteiger charge is 2.16. The molecule has 0 radical (unpaired) electrons. The largest absolute Gasteiger partial charge is 0.338 e. The van der Waals surface area contributed by atoms with E-state index < -0.39 is 0 Å². The lowest BCUT2D eigenvalue weighted by Crippen LogP contribution is -2.45. The second-order valence-electron chi connectivity index (χ2n) is 4.86. The minimum Gasteiger partial charge on any atom is -0.338 e. The number of nitrogens with zero attached hydrogens (tertiary/aromatic N) is 4. The number of nitrogens with two attached hydrogens (primary N) is 1. The molecule has 1 atom stereocenters. The van der Waals surface area contributed by atoms with Crippen LogP contribution in [0.25, 0.3) is 0 Å². The third-order valence-corrected chi connectivity index (χ3v) is 3.04. The summed E-state index contributed by atoms with van der Waals surface area (Å²) in [6.45, 7) is 6.15. The fourth-order valence-corrected chi connectivity index (χ4v) is 1.99. The molecule has 0 aliphatic carbocycles. The van der Waals surface area contributed by atoms with Crippen LogP contribution in [0.3, 0.4) is 0 Å². The third-order valence-electron chi connectivity index (χ3n) is 3.04. The first-order chi connectivity index (χ1) is 8.15. The third kappa shape index (κ3) is 3.38. The summed E-state index contributed by atoms with van der Waals surface area (Å²) >= 11 is 0. The summed E-state index contributed by atoms with van der Waals surface area (Å²) in [5.74, 6) is 0.839. The van der Waals surface area contributed by atoms with E-state index in [0.717, 1.165) is 44.1 Å². The van der Waals surface area contributed by atoms with Crippen molar-refractivity contribution in [1.29, 1.82) is 0 Å². The van der Waals surface area contributed by atoms with Crippen LogP contribution in [0.5, 0.6) is 0 Å². The first kappa shape index (κ1) is 12.3. The number of anilines is 1. The molecule has 0 bridgehead atoms. The van der Waals surface area contributed by atoms with Gasteiger partial charge in [-0.1, -0.05) is 0 Å². The maximum Gasteiger partial charge on any atom is 0.225 e. The molecule has 2 N–H and O–H groups in total. The van der Waals surface area contributed by atoms with E-state index in [1.807, 2.05) is 19.3 Å². The number of rotatable bonds is 3. The van der Waals surface area contributed by atoms with Gasteiger partial charge >= 0.3 is 0 Å². The smallest absolute Gasteiger partial charge is 0.225 e. The van der Waals surface area contributed by atoms with Crippen molar-refractivity contribution in [3.8, 4) is 0 Å². The van der Waals surface area contributed by atoms with Gasteiger partial charge in [-0.2, -0.15) is 0 Å². The van der Waals surface area contributed by atoms with Gasteiger partial charge in [0.15, 0.2) is 0 Å². The first-order valence-corrected chi connectivity index (χ1v) is 6.15. The molecule has 5 nitrogen and oxygen atoms in total. The molecule has 0 saturated carbocycles. The highest BCUT2D eigenvalue weighted by Crippen LogP contribution is 2.10. The van der Waals surface area contributed by atoms with Crippen molar-refractivity contribution in [3.05, 3.63) is 18.0 Å². The highest BCUT2D eigenvalue weighted by molar-refractivity contribution is 5.30. The summed E-state index contributed by atoms with van der Waals surface area (Å²) < 4.78 is 0. The van der Waals surface area contributed by atoms with Gasteiger partial charge in [0.1, 0.15) is 0 Å². The number of piperazine rings is 1. The van der Waals surface area contributed by atoms with E-state index in [2.05, 4.69) is 26.8 Å². The van der Waals surface area contributed by atoms with Crippen molar-refractivity contribution in [1.82, 2.24) is 14.9 Å². The summed E-state index contributed by atoms with van der Waals surface area (Å²) in [7, 11) is 2.14. The standard InChI is InChI=1S/C12H21N5/c1-10(13)7-11-8-14-12(15-9-11)17-5-3-16(2)4-6-17/h8-10H,3-7,13H2,1-2H3. The van der Waals surface area contributed by atoms with Crippen molar-refractivity contribution in [3.63, 3.8) is 0 Å². The van der Waals surface area contributed by atoms with Crippen LogP contribution in [0.4, 0.5) is 5.95 Å². The van der Waals surface area contributed by atoms with Gasteiger partial charge in [-0.15, -0.1) is 0 Å². The molecule has 1 aromatic heterocycles. The fraction of sp³-hybridized carbons (Fsp3) is 0.667. The second kappa shape index (κ2) is 5.42. The van der Waals surface area contributed by atoms with Crippen LogP contribution in [0.1, 0.15) is 12.5 Å². The van der Waals surface area contributed by atoms with E-state index in [-0.39, 0.29) is 6.04 Å². The Labute approximate surface area is 103 Å². The Bertz CT molecular complexity index is 340. The zero-order valence-electron chi connectivity index (χ0n) is 10.6. The van der Waals surface area contributed by atoms with E-state index in [1.54, 1.807) is 0 Å². The molecular weight excluding hydrogens is 214 g/mol. The van der Waals surface area contributed by atoms with Gasteiger partial charge in [-0.25, -0.2) is 9.97 Å². The molecule has 0 amide bonds. The fourth-order valence-electron chi connectivity index (χ4n) is 1.99. The Hall–Kier alpha value is -1.20. The van der Waals surface area contributed by atoms with Gasteiger partial charge in [0, 0.05) is 44.6 Å². The van der Waals surface area contributed by atoms with Gasteiger partial charge in [0.2, 0.25) is 5.95 Å². The van der Waals surface area contributed by atoms with Crippen molar-refractivity contribution in [2.75, 3.05) is 38.1 Å². The SMILES string of the molecule is CC(N)Cc1cnc(N2CCN(C)CC2)nc1. The average molecular weight is 235 g/mol. The maximum atomic E-state index is 5.75. The predicted octanol–water partition coefficient (Wildman–Crippen LogP) is 0.118. The zero-order valence-corrected chi connectivity index (χ0v) is 10.6. The summed E-state index contributed by atoms with van der Waals surface area (Å²) in [6, 6.07) is 0.160. The lowest BCUT2D eigenvalue weighted by atomic mass is 10.1. The van der Waals surface area contributed by atoms with Crippen LogP contribution < -0.4 is 10.6 Å². The molecule has 1 aromatic rings. The van der Waals surface area contributed by atoms with Crippen LogP contribution in [0, 0.1) is 0 Å². The molecule has 1 aliphatic rings. The molecule has 2 rings (SSSR count). The minimum absolute atomic E-state index is 0.160.